The molecule has 1 atom stereocenters. The fourth-order valence-corrected chi connectivity index (χ4v) is 3.30. The lowest BCUT2D eigenvalue weighted by atomic mass is 9.85. The van der Waals surface area contributed by atoms with Crippen LogP contribution in [0.4, 0.5) is 13.2 Å². The Morgan fingerprint density at radius 2 is 2.17 bits per heavy atom. The summed E-state index contributed by atoms with van der Waals surface area (Å²) in [7, 11) is 0. The van der Waals surface area contributed by atoms with Crippen LogP contribution in [0.15, 0.2) is 27.5 Å². The molecule has 0 aliphatic heterocycles. The van der Waals surface area contributed by atoms with Gasteiger partial charge in [-0.3, -0.25) is 9.09 Å². The minimum atomic E-state index is -2.83. The molecule has 0 radical (unpaired) electrons. The lowest BCUT2D eigenvalue weighted by molar-refractivity contribution is -0.0915. The summed E-state index contributed by atoms with van der Waals surface area (Å²) in [6.07, 6.45) is 1.20. The topological polar surface area (TPSA) is 48.0 Å². The van der Waals surface area contributed by atoms with Gasteiger partial charge in [-0.25, -0.2) is 18.0 Å². The SMILES string of the molecule is O=c1onc(Cc2c(F)cccc2Cl)n1CC1CCCCC1(F)F. The molecule has 1 aliphatic rings. The number of benzene rings is 1. The van der Waals surface area contributed by atoms with E-state index in [1.165, 1.54) is 18.2 Å². The molecule has 0 amide bonds. The molecule has 0 spiro atoms. The van der Waals surface area contributed by atoms with Crippen LogP contribution < -0.4 is 5.76 Å². The van der Waals surface area contributed by atoms with Gasteiger partial charge < -0.3 is 0 Å². The Morgan fingerprint density at radius 3 is 2.88 bits per heavy atom. The molecular weight excluding hydrogens is 345 g/mol. The summed E-state index contributed by atoms with van der Waals surface area (Å²) in [5.41, 5.74) is 0.150. The van der Waals surface area contributed by atoms with Gasteiger partial charge in [-0.2, -0.15) is 0 Å². The molecule has 8 heteroatoms. The van der Waals surface area contributed by atoms with Crippen LogP contribution in [0, 0.1) is 11.7 Å². The van der Waals surface area contributed by atoms with Crippen molar-refractivity contribution in [3.8, 4) is 0 Å². The van der Waals surface area contributed by atoms with Crippen molar-refractivity contribution in [3.05, 3.63) is 51.0 Å². The van der Waals surface area contributed by atoms with E-state index in [-0.39, 0.29) is 35.8 Å². The Hall–Kier alpha value is -1.76. The van der Waals surface area contributed by atoms with Crippen molar-refractivity contribution >= 4 is 11.6 Å². The van der Waals surface area contributed by atoms with Gasteiger partial charge in [0, 0.05) is 35.9 Å². The maximum atomic E-state index is 14.0. The van der Waals surface area contributed by atoms with E-state index in [0.29, 0.717) is 19.3 Å². The van der Waals surface area contributed by atoms with Crippen molar-refractivity contribution in [3.63, 3.8) is 0 Å². The van der Waals surface area contributed by atoms with E-state index in [4.69, 9.17) is 11.6 Å². The molecule has 1 aromatic heterocycles. The summed E-state index contributed by atoms with van der Waals surface area (Å²) >= 11 is 5.97. The quantitative estimate of drug-likeness (QED) is 0.826. The second-order valence-electron chi connectivity index (χ2n) is 6.06. The predicted molar refractivity (Wildman–Crippen MR) is 81.9 cm³/mol. The van der Waals surface area contributed by atoms with Crippen LogP contribution in [0.5, 0.6) is 0 Å². The summed E-state index contributed by atoms with van der Waals surface area (Å²) in [6, 6.07) is 4.20. The second kappa shape index (κ2) is 6.63. The predicted octanol–water partition coefficient (Wildman–Crippen LogP) is 4.05. The van der Waals surface area contributed by atoms with E-state index in [2.05, 4.69) is 9.68 Å². The molecular formula is C16H16ClF3N2O2. The fraction of sp³-hybridized carbons (Fsp3) is 0.500. The third-order valence-electron chi connectivity index (χ3n) is 4.47. The van der Waals surface area contributed by atoms with Gasteiger partial charge in [0.2, 0.25) is 0 Å². The zero-order chi connectivity index (χ0) is 17.3. The average molecular weight is 361 g/mol. The van der Waals surface area contributed by atoms with E-state index in [1.54, 1.807) is 0 Å². The summed E-state index contributed by atoms with van der Waals surface area (Å²) in [5, 5.41) is 3.79. The van der Waals surface area contributed by atoms with E-state index in [1.807, 2.05) is 0 Å². The van der Waals surface area contributed by atoms with Crippen molar-refractivity contribution < 1.29 is 17.7 Å². The van der Waals surface area contributed by atoms with Crippen LogP contribution in [0.25, 0.3) is 0 Å². The Bertz CT molecular complexity index is 768. The molecule has 24 heavy (non-hydrogen) atoms. The van der Waals surface area contributed by atoms with Crippen LogP contribution in [-0.4, -0.2) is 15.6 Å². The van der Waals surface area contributed by atoms with Gasteiger partial charge in [0.05, 0.1) is 0 Å². The average Bonchev–Trinajstić information content (AvgIpc) is 2.86. The monoisotopic (exact) mass is 360 g/mol. The van der Waals surface area contributed by atoms with Gasteiger partial charge in [-0.05, 0) is 25.0 Å². The van der Waals surface area contributed by atoms with Crippen LogP contribution >= 0.6 is 11.6 Å². The number of hydrogen-bond donors (Lipinski definition) is 0. The van der Waals surface area contributed by atoms with Crippen molar-refractivity contribution in [1.82, 2.24) is 9.72 Å². The highest BCUT2D eigenvalue weighted by Gasteiger charge is 2.42. The van der Waals surface area contributed by atoms with Gasteiger partial charge in [-0.1, -0.05) is 29.2 Å². The van der Waals surface area contributed by atoms with E-state index in [9.17, 15) is 18.0 Å². The minimum Gasteiger partial charge on any atom is -0.296 e. The van der Waals surface area contributed by atoms with E-state index in [0.717, 1.165) is 4.57 Å². The zero-order valence-electron chi connectivity index (χ0n) is 12.8. The Labute approximate surface area is 141 Å². The van der Waals surface area contributed by atoms with Crippen LogP contribution in [-0.2, 0) is 13.0 Å². The summed E-state index contributed by atoms with van der Waals surface area (Å²) in [5.74, 6) is -5.07. The molecule has 1 aromatic carbocycles. The largest absolute Gasteiger partial charge is 0.441 e. The normalized spacial score (nSPS) is 20.2. The van der Waals surface area contributed by atoms with Gasteiger partial charge in [-0.15, -0.1) is 0 Å². The first-order chi connectivity index (χ1) is 11.4. The summed E-state index contributed by atoms with van der Waals surface area (Å²) < 4.78 is 47.6. The molecule has 3 rings (SSSR count). The maximum Gasteiger partial charge on any atom is 0.441 e. The smallest absolute Gasteiger partial charge is 0.296 e. The fourth-order valence-electron chi connectivity index (χ4n) is 3.07. The van der Waals surface area contributed by atoms with Crippen LogP contribution in [0.3, 0.4) is 0 Å². The molecule has 130 valence electrons. The van der Waals surface area contributed by atoms with Gasteiger partial charge in [0.1, 0.15) is 5.82 Å². The Kier molecular flexibility index (Phi) is 4.71. The number of nitrogens with zero attached hydrogens (tertiary/aromatic N) is 2. The molecule has 2 aromatic rings. The minimum absolute atomic E-state index is 0.0911. The molecule has 0 saturated heterocycles. The molecule has 1 saturated carbocycles. The maximum absolute atomic E-state index is 14.0. The molecule has 1 fully saturated rings. The molecule has 4 nitrogen and oxygen atoms in total. The number of aromatic nitrogens is 2. The third kappa shape index (κ3) is 3.36. The van der Waals surface area contributed by atoms with Crippen LogP contribution in [0.2, 0.25) is 5.02 Å². The van der Waals surface area contributed by atoms with Gasteiger partial charge in [0.15, 0.2) is 5.82 Å². The van der Waals surface area contributed by atoms with Gasteiger partial charge in [0.25, 0.3) is 5.92 Å². The van der Waals surface area contributed by atoms with Crippen molar-refractivity contribution in [2.45, 2.75) is 44.6 Å². The van der Waals surface area contributed by atoms with Crippen molar-refractivity contribution in [2.24, 2.45) is 5.92 Å². The second-order valence-corrected chi connectivity index (χ2v) is 6.46. The first-order valence-electron chi connectivity index (χ1n) is 7.74. The lowest BCUT2D eigenvalue weighted by Crippen LogP contribution is -2.37. The van der Waals surface area contributed by atoms with Crippen molar-refractivity contribution in [2.75, 3.05) is 0 Å². The summed E-state index contributed by atoms with van der Waals surface area (Å²) in [4.78, 5) is 11.8. The highest BCUT2D eigenvalue weighted by Crippen LogP contribution is 2.39. The molecule has 1 unspecified atom stereocenters. The molecule has 0 N–H and O–H groups in total. The number of halogens is 4. The standard InChI is InChI=1S/C16H16ClF3N2O2/c17-12-5-3-6-13(18)11(12)8-14-21-24-15(23)22(14)9-10-4-1-2-7-16(10,19)20/h3,5-6,10H,1-2,4,7-9H2. The lowest BCUT2D eigenvalue weighted by Gasteiger charge is -2.31. The highest BCUT2D eigenvalue weighted by molar-refractivity contribution is 6.31. The van der Waals surface area contributed by atoms with Gasteiger partial charge >= 0.3 is 5.76 Å². The van der Waals surface area contributed by atoms with E-state index < -0.39 is 23.4 Å². The number of rotatable bonds is 4. The third-order valence-corrected chi connectivity index (χ3v) is 4.82. The highest BCUT2D eigenvalue weighted by atomic mass is 35.5. The zero-order valence-corrected chi connectivity index (χ0v) is 13.5. The first kappa shape index (κ1) is 17.1. The first-order valence-corrected chi connectivity index (χ1v) is 8.12. The molecule has 1 aliphatic carbocycles. The Morgan fingerprint density at radius 1 is 1.38 bits per heavy atom. The van der Waals surface area contributed by atoms with Crippen molar-refractivity contribution in [1.29, 1.82) is 0 Å². The molecule has 1 heterocycles. The Balaban J connectivity index is 1.88. The summed E-state index contributed by atoms with van der Waals surface area (Å²) in [6.45, 7) is -0.198. The van der Waals surface area contributed by atoms with Crippen LogP contribution in [0.1, 0.15) is 37.1 Å². The molecule has 0 bridgehead atoms. The number of hydrogen-bond acceptors (Lipinski definition) is 3. The van der Waals surface area contributed by atoms with E-state index >= 15 is 0 Å². The number of alkyl halides is 2.